The minimum absolute atomic E-state index is 0.0171. The number of halogens is 4. The predicted molar refractivity (Wildman–Crippen MR) is 157 cm³/mol. The predicted octanol–water partition coefficient (Wildman–Crippen LogP) is 6.31. The van der Waals surface area contributed by atoms with Gasteiger partial charge >= 0.3 is 0 Å². The minimum Gasteiger partial charge on any atom is -0.354 e. The lowest BCUT2D eigenvalue weighted by atomic mass is 10.1. The molecule has 214 valence electrons. The summed E-state index contributed by atoms with van der Waals surface area (Å²) in [5.74, 6) is -1.80. The standard InChI is InChI=1S/C28H29Cl3FN3O4S/c1-3-14-33-28(37)26(4-2)34(17-19-10-11-20(29)15-23(19)30)27(36)18-35(21-12-13-25(32)24(31)16-21)40(38,39)22-8-6-5-7-9-22/h5-13,15-16,26H,3-4,14,17-18H2,1-2H3,(H,33,37)/t26-/m0/s1. The summed E-state index contributed by atoms with van der Waals surface area (Å²) in [5, 5.41) is 3.17. The third-order valence-corrected chi connectivity index (χ3v) is 8.76. The van der Waals surface area contributed by atoms with Crippen LogP contribution < -0.4 is 9.62 Å². The van der Waals surface area contributed by atoms with E-state index in [4.69, 9.17) is 34.8 Å². The van der Waals surface area contributed by atoms with Crippen LogP contribution in [0.5, 0.6) is 0 Å². The normalized spacial score (nSPS) is 12.1. The average molecular weight is 629 g/mol. The Bertz CT molecular complexity index is 1460. The zero-order chi connectivity index (χ0) is 29.4. The van der Waals surface area contributed by atoms with Crippen molar-refractivity contribution in [2.24, 2.45) is 0 Å². The van der Waals surface area contributed by atoms with E-state index in [1.54, 1.807) is 37.3 Å². The van der Waals surface area contributed by atoms with E-state index in [0.29, 0.717) is 23.6 Å². The van der Waals surface area contributed by atoms with Crippen molar-refractivity contribution in [1.29, 1.82) is 0 Å². The van der Waals surface area contributed by atoms with Crippen LogP contribution in [0, 0.1) is 5.82 Å². The molecule has 12 heteroatoms. The third-order valence-electron chi connectivity index (χ3n) is 6.09. The zero-order valence-corrected chi connectivity index (χ0v) is 25.0. The number of carbonyl (C=O) groups excluding carboxylic acids is 2. The van der Waals surface area contributed by atoms with Gasteiger partial charge in [-0.1, -0.05) is 72.9 Å². The number of sulfonamides is 1. The fourth-order valence-electron chi connectivity index (χ4n) is 4.01. The zero-order valence-electron chi connectivity index (χ0n) is 21.9. The van der Waals surface area contributed by atoms with E-state index in [9.17, 15) is 22.4 Å². The van der Waals surface area contributed by atoms with Crippen LogP contribution in [-0.4, -0.2) is 44.3 Å². The maximum atomic E-state index is 14.0. The Labute approximate surface area is 248 Å². The monoisotopic (exact) mass is 627 g/mol. The van der Waals surface area contributed by atoms with Crippen LogP contribution in [0.15, 0.2) is 71.6 Å². The maximum Gasteiger partial charge on any atom is 0.264 e. The largest absolute Gasteiger partial charge is 0.354 e. The van der Waals surface area contributed by atoms with E-state index >= 15 is 0 Å². The molecule has 0 saturated carbocycles. The second-order valence-corrected chi connectivity index (χ2v) is 12.0. The summed E-state index contributed by atoms with van der Waals surface area (Å²) in [7, 11) is -4.31. The fourth-order valence-corrected chi connectivity index (χ4v) is 6.08. The van der Waals surface area contributed by atoms with E-state index in [2.05, 4.69) is 5.32 Å². The van der Waals surface area contributed by atoms with E-state index in [1.165, 1.54) is 29.2 Å². The lowest BCUT2D eigenvalue weighted by Crippen LogP contribution is -2.52. The SMILES string of the molecule is CCCNC(=O)[C@H](CC)N(Cc1ccc(Cl)cc1Cl)C(=O)CN(c1ccc(F)c(Cl)c1)S(=O)(=O)c1ccccc1. The molecule has 0 bridgehead atoms. The topological polar surface area (TPSA) is 86.8 Å². The van der Waals surface area contributed by atoms with Crippen molar-refractivity contribution in [3.05, 3.63) is 93.2 Å². The van der Waals surface area contributed by atoms with Crippen molar-refractivity contribution in [1.82, 2.24) is 10.2 Å². The van der Waals surface area contributed by atoms with Gasteiger partial charge in [0.25, 0.3) is 10.0 Å². The summed E-state index contributed by atoms with van der Waals surface area (Å²) in [6, 6.07) is 14.7. The van der Waals surface area contributed by atoms with Crippen molar-refractivity contribution in [2.45, 2.75) is 44.2 Å². The quantitative estimate of drug-likeness (QED) is 0.255. The molecule has 0 fully saturated rings. The molecule has 7 nitrogen and oxygen atoms in total. The van der Waals surface area contributed by atoms with Gasteiger partial charge in [0.1, 0.15) is 18.4 Å². The molecule has 0 aliphatic carbocycles. The average Bonchev–Trinajstić information content (AvgIpc) is 2.93. The van der Waals surface area contributed by atoms with Crippen molar-refractivity contribution < 1.29 is 22.4 Å². The second-order valence-electron chi connectivity index (χ2n) is 8.90. The molecule has 0 heterocycles. The number of benzene rings is 3. The molecule has 0 radical (unpaired) electrons. The second kappa shape index (κ2) is 14.2. The molecule has 3 rings (SSSR count). The fraction of sp³-hybridized carbons (Fsp3) is 0.286. The van der Waals surface area contributed by atoms with E-state index < -0.39 is 34.3 Å². The summed E-state index contributed by atoms with van der Waals surface area (Å²) in [6.07, 6.45) is 0.938. The van der Waals surface area contributed by atoms with Crippen molar-refractivity contribution in [3.8, 4) is 0 Å². The molecule has 3 aromatic rings. The van der Waals surface area contributed by atoms with Crippen molar-refractivity contribution in [3.63, 3.8) is 0 Å². The first-order valence-electron chi connectivity index (χ1n) is 12.5. The lowest BCUT2D eigenvalue weighted by Gasteiger charge is -2.33. The summed E-state index contributed by atoms with van der Waals surface area (Å²) < 4.78 is 42.3. The Morgan fingerprint density at radius 3 is 2.25 bits per heavy atom. The first-order chi connectivity index (χ1) is 19.0. The van der Waals surface area contributed by atoms with E-state index in [-0.39, 0.29) is 39.5 Å². The Balaban J connectivity index is 2.08. The summed E-state index contributed by atoms with van der Waals surface area (Å²) in [4.78, 5) is 28.3. The molecular formula is C28H29Cl3FN3O4S. The highest BCUT2D eigenvalue weighted by Crippen LogP contribution is 2.29. The molecule has 0 aliphatic rings. The molecular weight excluding hydrogens is 600 g/mol. The Hall–Kier alpha value is -2.85. The number of rotatable bonds is 12. The number of anilines is 1. The van der Waals surface area contributed by atoms with Gasteiger partial charge in [-0.2, -0.15) is 0 Å². The van der Waals surface area contributed by atoms with Gasteiger partial charge in [-0.05, 0) is 60.9 Å². The molecule has 0 unspecified atom stereocenters. The Morgan fingerprint density at radius 1 is 0.950 bits per heavy atom. The molecule has 0 aliphatic heterocycles. The minimum atomic E-state index is -4.31. The van der Waals surface area contributed by atoms with Crippen LogP contribution in [-0.2, 0) is 26.2 Å². The number of hydrogen-bond donors (Lipinski definition) is 1. The smallest absolute Gasteiger partial charge is 0.264 e. The van der Waals surface area contributed by atoms with Crippen LogP contribution in [0.2, 0.25) is 15.1 Å². The summed E-state index contributed by atoms with van der Waals surface area (Å²) >= 11 is 18.4. The number of nitrogens with one attached hydrogen (secondary N) is 1. The van der Waals surface area contributed by atoms with Crippen LogP contribution in [0.4, 0.5) is 10.1 Å². The van der Waals surface area contributed by atoms with Crippen LogP contribution in [0.3, 0.4) is 0 Å². The lowest BCUT2D eigenvalue weighted by molar-refractivity contribution is -0.140. The summed E-state index contributed by atoms with van der Waals surface area (Å²) in [6.45, 7) is 3.27. The molecule has 2 amide bonds. The first-order valence-corrected chi connectivity index (χ1v) is 15.1. The highest BCUT2D eigenvalue weighted by atomic mass is 35.5. The number of carbonyl (C=O) groups is 2. The molecule has 1 N–H and O–H groups in total. The summed E-state index contributed by atoms with van der Waals surface area (Å²) in [5.41, 5.74) is 0.500. The van der Waals surface area contributed by atoms with E-state index in [0.717, 1.165) is 16.4 Å². The highest BCUT2D eigenvalue weighted by Gasteiger charge is 2.34. The number of nitrogens with zero attached hydrogens (tertiary/aromatic N) is 2. The molecule has 0 spiro atoms. The third kappa shape index (κ3) is 7.66. The van der Waals surface area contributed by atoms with Gasteiger partial charge in [0.2, 0.25) is 11.8 Å². The Kier molecular flexibility index (Phi) is 11.2. The maximum absolute atomic E-state index is 14.0. The number of hydrogen-bond acceptors (Lipinski definition) is 4. The van der Waals surface area contributed by atoms with Gasteiger partial charge < -0.3 is 10.2 Å². The van der Waals surface area contributed by atoms with Crippen LogP contribution in [0.25, 0.3) is 0 Å². The Morgan fingerprint density at radius 2 is 1.65 bits per heavy atom. The van der Waals surface area contributed by atoms with Gasteiger partial charge in [0, 0.05) is 23.1 Å². The van der Waals surface area contributed by atoms with Gasteiger partial charge in [0.15, 0.2) is 0 Å². The highest BCUT2D eigenvalue weighted by molar-refractivity contribution is 7.92. The number of amides is 2. The van der Waals surface area contributed by atoms with Gasteiger partial charge in [-0.25, -0.2) is 12.8 Å². The van der Waals surface area contributed by atoms with Crippen molar-refractivity contribution in [2.75, 3.05) is 17.4 Å². The molecule has 1 atom stereocenters. The van der Waals surface area contributed by atoms with Gasteiger partial charge in [0.05, 0.1) is 15.6 Å². The van der Waals surface area contributed by atoms with Gasteiger partial charge in [-0.3, -0.25) is 13.9 Å². The molecule has 3 aromatic carbocycles. The molecule has 0 saturated heterocycles. The van der Waals surface area contributed by atoms with E-state index in [1.807, 2.05) is 6.92 Å². The molecule has 0 aromatic heterocycles. The van der Waals surface area contributed by atoms with Crippen LogP contribution >= 0.6 is 34.8 Å². The van der Waals surface area contributed by atoms with Crippen LogP contribution in [0.1, 0.15) is 32.3 Å². The first kappa shape index (κ1) is 31.7. The van der Waals surface area contributed by atoms with Gasteiger partial charge in [-0.15, -0.1) is 0 Å². The molecule has 40 heavy (non-hydrogen) atoms. The van der Waals surface area contributed by atoms with Crippen molar-refractivity contribution >= 4 is 62.3 Å².